The molecule has 6 rings (SSSR count). The van der Waals surface area contributed by atoms with E-state index in [1.807, 2.05) is 18.2 Å². The highest BCUT2D eigenvalue weighted by Crippen LogP contribution is 2.62. The first-order chi connectivity index (χ1) is 34.7. The summed E-state index contributed by atoms with van der Waals surface area (Å²) >= 11 is 0. The number of benzene rings is 3. The molecule has 386 valence electrons. The summed E-state index contributed by atoms with van der Waals surface area (Å²) in [6, 6.07) is 17.1. The standard InChI is InChI=1S/C57H76FN3O10/c1-4-7-8-9-10-11-12-13-14-19-36-68-56(64)60(40-42-22-26-45(58)27-23-42)53-39-51(59-70-41-43-24-28-46(29-25-43)61(65)66)49-37-44(20-15-17-32-62)48(21-16-18-33-63)54-50-38-47(67-34-5-2)30-31-52(50)71-57(53,55(49)54)69-35-6-3/h5-6,22-31,37-38,44,48,53-55,62-63H,2-4,7-21,32-36,39-41H2,1H3. The monoisotopic (exact) mass is 982 g/mol. The molecule has 0 spiro atoms. The number of amides is 1. The van der Waals surface area contributed by atoms with Crippen LogP contribution >= 0.6 is 0 Å². The Balaban J connectivity index is 1.47. The minimum absolute atomic E-state index is 0.00457. The molecular weight excluding hydrogens is 906 g/mol. The Hall–Kier alpha value is -5.57. The molecule has 0 aromatic heterocycles. The summed E-state index contributed by atoms with van der Waals surface area (Å²) in [6.45, 7) is 10.8. The molecule has 2 N–H and O–H groups in total. The van der Waals surface area contributed by atoms with E-state index in [9.17, 15) is 24.7 Å². The normalized spacial score (nSPS) is 21.5. The van der Waals surface area contributed by atoms with Gasteiger partial charge in [0.25, 0.3) is 5.69 Å². The molecule has 1 aliphatic heterocycles. The molecule has 2 aliphatic carbocycles. The quantitative estimate of drug-likeness (QED) is 0.0266. The zero-order chi connectivity index (χ0) is 50.4. The predicted molar refractivity (Wildman–Crippen MR) is 274 cm³/mol. The average Bonchev–Trinajstić information content (AvgIpc) is 3.37. The van der Waals surface area contributed by atoms with E-state index in [1.54, 1.807) is 41.3 Å². The molecule has 1 amide bonds. The van der Waals surface area contributed by atoms with Crippen LogP contribution in [0, 0.1) is 33.7 Å². The van der Waals surface area contributed by atoms with E-state index in [1.165, 1.54) is 62.8 Å². The number of rotatable bonds is 32. The van der Waals surface area contributed by atoms with Gasteiger partial charge in [0.05, 0.1) is 29.8 Å². The zero-order valence-corrected chi connectivity index (χ0v) is 41.7. The van der Waals surface area contributed by atoms with Crippen LogP contribution in [0.2, 0.25) is 0 Å². The van der Waals surface area contributed by atoms with Crippen molar-refractivity contribution in [1.29, 1.82) is 0 Å². The molecule has 3 aromatic rings. The van der Waals surface area contributed by atoms with Crippen LogP contribution < -0.4 is 9.47 Å². The van der Waals surface area contributed by atoms with Gasteiger partial charge in [0.2, 0.25) is 5.79 Å². The highest BCUT2D eigenvalue weighted by molar-refractivity contribution is 6.03. The lowest BCUT2D eigenvalue weighted by Crippen LogP contribution is -2.70. The number of aliphatic hydroxyl groups excluding tert-OH is 2. The van der Waals surface area contributed by atoms with Gasteiger partial charge in [-0.2, -0.15) is 0 Å². The third-order valence-electron chi connectivity index (χ3n) is 14.2. The third kappa shape index (κ3) is 14.8. The van der Waals surface area contributed by atoms with Gasteiger partial charge in [0.1, 0.15) is 36.6 Å². The van der Waals surface area contributed by atoms with Crippen LogP contribution in [0.4, 0.5) is 14.9 Å². The number of aliphatic hydroxyl groups is 2. The Morgan fingerprint density at radius 3 is 2.20 bits per heavy atom. The summed E-state index contributed by atoms with van der Waals surface area (Å²) in [4.78, 5) is 33.8. The molecule has 3 aliphatic rings. The number of oxime groups is 1. The first-order valence-electron chi connectivity index (χ1n) is 26.0. The summed E-state index contributed by atoms with van der Waals surface area (Å²) in [5.74, 6) is -1.67. The molecule has 0 radical (unpaired) electrons. The van der Waals surface area contributed by atoms with Crippen LogP contribution in [-0.4, -0.2) is 76.7 Å². The molecule has 3 aromatic carbocycles. The van der Waals surface area contributed by atoms with Gasteiger partial charge in [-0.1, -0.05) is 120 Å². The Kier molecular flexibility index (Phi) is 22.0. The molecule has 1 fully saturated rings. The largest absolute Gasteiger partial charge is 0.490 e. The van der Waals surface area contributed by atoms with Crippen molar-refractivity contribution in [2.75, 3.05) is 33.0 Å². The highest BCUT2D eigenvalue weighted by atomic mass is 19.1. The molecule has 1 saturated carbocycles. The Labute approximate surface area is 419 Å². The van der Waals surface area contributed by atoms with Crippen LogP contribution in [0.25, 0.3) is 0 Å². The van der Waals surface area contributed by atoms with Crippen LogP contribution in [0.1, 0.15) is 139 Å². The van der Waals surface area contributed by atoms with Crippen molar-refractivity contribution < 1.29 is 48.1 Å². The van der Waals surface area contributed by atoms with Crippen molar-refractivity contribution in [3.63, 3.8) is 0 Å². The molecule has 13 nitrogen and oxygen atoms in total. The SMILES string of the molecule is C=CCOc1ccc2c(c1)C1C(CCCCO)C(CCCCO)C=C3C(=NOCc4ccc([N+](=O)[O-])cc4)CC(N(Cc4ccc(F)cc4)C(=O)OCCCCCCCCCCCC)C(OCC=C)(O2)C31. The number of carbonyl (C=O) groups is 1. The molecule has 1 heterocycles. The molecule has 71 heavy (non-hydrogen) atoms. The lowest BCUT2D eigenvalue weighted by molar-refractivity contribution is -0.384. The maximum atomic E-state index is 15.0. The van der Waals surface area contributed by atoms with E-state index in [-0.39, 0.29) is 69.4 Å². The molecule has 6 atom stereocenters. The van der Waals surface area contributed by atoms with Gasteiger partial charge < -0.3 is 34.0 Å². The number of nitro benzene ring substituents is 1. The Bertz CT molecular complexity index is 2220. The lowest BCUT2D eigenvalue weighted by Gasteiger charge is -2.59. The van der Waals surface area contributed by atoms with Crippen molar-refractivity contribution in [1.82, 2.24) is 4.90 Å². The number of ether oxygens (including phenoxy) is 4. The number of hydrogen-bond donors (Lipinski definition) is 2. The smallest absolute Gasteiger partial charge is 0.410 e. The number of carbonyl (C=O) groups excluding carboxylic acids is 1. The first-order valence-corrected chi connectivity index (χ1v) is 26.0. The number of nitrogens with zero attached hydrogens (tertiary/aromatic N) is 3. The molecule has 6 unspecified atom stereocenters. The van der Waals surface area contributed by atoms with Crippen molar-refractivity contribution in [3.05, 3.63) is 136 Å². The highest BCUT2D eigenvalue weighted by Gasteiger charge is 2.65. The van der Waals surface area contributed by atoms with Crippen molar-refractivity contribution in [2.24, 2.45) is 22.9 Å². The van der Waals surface area contributed by atoms with E-state index in [4.69, 9.17) is 28.9 Å². The van der Waals surface area contributed by atoms with Crippen LogP contribution in [-0.2, 0) is 27.5 Å². The van der Waals surface area contributed by atoms with Crippen LogP contribution in [0.15, 0.2) is 109 Å². The lowest BCUT2D eigenvalue weighted by atomic mass is 9.55. The number of halogens is 1. The van der Waals surface area contributed by atoms with E-state index in [2.05, 4.69) is 26.2 Å². The fourth-order valence-corrected chi connectivity index (χ4v) is 10.7. The number of fused-ring (bicyclic) bond motifs is 2. The van der Waals surface area contributed by atoms with Gasteiger partial charge >= 0.3 is 6.09 Å². The minimum atomic E-state index is -1.56. The number of non-ortho nitro benzene ring substituents is 1. The second-order valence-corrected chi connectivity index (χ2v) is 19.1. The predicted octanol–water partition coefficient (Wildman–Crippen LogP) is 12.7. The number of hydrogen-bond acceptors (Lipinski definition) is 11. The molecule has 0 bridgehead atoms. The summed E-state index contributed by atoms with van der Waals surface area (Å²) < 4.78 is 41.3. The van der Waals surface area contributed by atoms with E-state index < -0.39 is 34.6 Å². The van der Waals surface area contributed by atoms with Crippen LogP contribution in [0.5, 0.6) is 11.5 Å². The fourth-order valence-electron chi connectivity index (χ4n) is 10.7. The zero-order valence-electron chi connectivity index (χ0n) is 41.7. The van der Waals surface area contributed by atoms with Crippen molar-refractivity contribution in [2.45, 2.75) is 147 Å². The molecular formula is C57H76FN3O10. The topological polar surface area (TPSA) is 162 Å². The third-order valence-corrected chi connectivity index (χ3v) is 14.2. The minimum Gasteiger partial charge on any atom is -0.490 e. The Morgan fingerprint density at radius 1 is 0.873 bits per heavy atom. The summed E-state index contributed by atoms with van der Waals surface area (Å²) in [5, 5.41) is 36.3. The second kappa shape index (κ2) is 28.5. The van der Waals surface area contributed by atoms with E-state index >= 15 is 4.79 Å². The average molecular weight is 982 g/mol. The molecule has 14 heteroatoms. The number of allylic oxidation sites excluding steroid dienone is 1. The maximum Gasteiger partial charge on any atom is 0.410 e. The maximum absolute atomic E-state index is 15.0. The van der Waals surface area contributed by atoms with Gasteiger partial charge in [-0.15, -0.1) is 6.58 Å². The van der Waals surface area contributed by atoms with Crippen molar-refractivity contribution in [3.8, 4) is 11.5 Å². The summed E-state index contributed by atoms with van der Waals surface area (Å²) in [6.07, 6.45) is 20.7. The van der Waals surface area contributed by atoms with Gasteiger partial charge in [0, 0.05) is 49.8 Å². The number of nitro groups is 1. The van der Waals surface area contributed by atoms with Gasteiger partial charge in [0.15, 0.2) is 0 Å². The molecule has 0 saturated heterocycles. The second-order valence-electron chi connectivity index (χ2n) is 19.1. The van der Waals surface area contributed by atoms with Crippen molar-refractivity contribution >= 4 is 17.5 Å². The first kappa shape index (κ1) is 54.8. The summed E-state index contributed by atoms with van der Waals surface area (Å²) in [5.41, 5.74) is 3.62. The van der Waals surface area contributed by atoms with Gasteiger partial charge in [-0.05, 0) is 103 Å². The van der Waals surface area contributed by atoms with E-state index in [0.717, 1.165) is 56.1 Å². The fraction of sp³-hybridized carbons (Fsp3) is 0.544. The van der Waals surface area contributed by atoms with E-state index in [0.29, 0.717) is 54.2 Å². The summed E-state index contributed by atoms with van der Waals surface area (Å²) in [7, 11) is 0. The van der Waals surface area contributed by atoms with Gasteiger partial charge in [-0.25, -0.2) is 9.18 Å². The number of unbranched alkanes of at least 4 members (excludes halogenated alkanes) is 11. The Morgan fingerprint density at radius 2 is 1.54 bits per heavy atom. The van der Waals surface area contributed by atoms with Gasteiger partial charge in [-0.3, -0.25) is 15.0 Å². The van der Waals surface area contributed by atoms with Crippen LogP contribution in [0.3, 0.4) is 0 Å².